The number of hydrogen-bond donors (Lipinski definition) is 1. The van der Waals surface area contributed by atoms with Crippen LogP contribution in [0.3, 0.4) is 0 Å². The number of piperidine rings is 2. The van der Waals surface area contributed by atoms with Crippen LogP contribution < -0.4 is 5.32 Å². The van der Waals surface area contributed by atoms with E-state index >= 15 is 0 Å². The van der Waals surface area contributed by atoms with Crippen molar-refractivity contribution in [3.8, 4) is 0 Å². The lowest BCUT2D eigenvalue weighted by molar-refractivity contribution is -0.271. The minimum absolute atomic E-state index is 0.000580. The second-order valence-electron chi connectivity index (χ2n) is 8.72. The molecule has 2 aliphatic rings. The van der Waals surface area contributed by atoms with Gasteiger partial charge < -0.3 is 15.0 Å². The Morgan fingerprint density at radius 2 is 1.76 bits per heavy atom. The normalized spacial score (nSPS) is 22.5. The average Bonchev–Trinajstić information content (AvgIpc) is 2.81. The van der Waals surface area contributed by atoms with E-state index in [0.717, 1.165) is 12.7 Å². The fourth-order valence-corrected chi connectivity index (χ4v) is 5.31. The summed E-state index contributed by atoms with van der Waals surface area (Å²) >= 11 is 0. The predicted octanol–water partition coefficient (Wildman–Crippen LogP) is 3.40. The van der Waals surface area contributed by atoms with Crippen molar-refractivity contribution in [1.82, 2.24) is 15.2 Å². The molecule has 1 unspecified atom stereocenters. The number of aromatic nitrogens is 1. The average molecular weight is 461 g/mol. The number of likely N-dealkylation sites (tertiary alicyclic amines) is 1. The summed E-state index contributed by atoms with van der Waals surface area (Å²) in [4.78, 5) is 30.9. The van der Waals surface area contributed by atoms with Gasteiger partial charge in [-0.05, 0) is 36.0 Å². The van der Waals surface area contributed by atoms with Gasteiger partial charge in [-0.15, -0.1) is 0 Å². The summed E-state index contributed by atoms with van der Waals surface area (Å²) in [6.45, 7) is 0.675. The Morgan fingerprint density at radius 1 is 1.12 bits per heavy atom. The van der Waals surface area contributed by atoms with Gasteiger partial charge in [0.15, 0.2) is 0 Å². The fraction of sp³-hybridized carbons (Fsp3) is 0.458. The molecule has 0 saturated carbocycles. The molecule has 4 rings (SSSR count). The molecule has 2 atom stereocenters. The summed E-state index contributed by atoms with van der Waals surface area (Å²) in [5.41, 5.74) is -2.73. The largest absolute Gasteiger partial charge is 0.430 e. The van der Waals surface area contributed by atoms with Crippen LogP contribution in [0.25, 0.3) is 0 Å². The maximum atomic E-state index is 14.3. The first-order valence-corrected chi connectivity index (χ1v) is 10.9. The molecule has 9 heteroatoms. The van der Waals surface area contributed by atoms with E-state index in [0.29, 0.717) is 19.4 Å². The second-order valence-corrected chi connectivity index (χ2v) is 8.72. The van der Waals surface area contributed by atoms with Crippen LogP contribution in [0, 0.1) is 5.41 Å². The molecule has 0 bridgehead atoms. The van der Waals surface area contributed by atoms with E-state index in [2.05, 4.69) is 10.3 Å². The first-order chi connectivity index (χ1) is 15.7. The zero-order valence-electron chi connectivity index (χ0n) is 18.3. The van der Waals surface area contributed by atoms with Crippen LogP contribution in [-0.2, 0) is 19.9 Å². The number of rotatable bonds is 4. The summed E-state index contributed by atoms with van der Waals surface area (Å²) in [7, 11) is 0.911. The van der Waals surface area contributed by atoms with Crippen molar-refractivity contribution in [1.29, 1.82) is 0 Å². The molecule has 2 aliphatic heterocycles. The molecule has 176 valence electrons. The number of ether oxygens (including phenoxy) is 1. The molecule has 2 saturated heterocycles. The van der Waals surface area contributed by atoms with Crippen molar-refractivity contribution in [2.45, 2.75) is 37.0 Å². The number of methoxy groups -OCH3 is 1. The Bertz CT molecular complexity index is 992. The molecule has 0 aliphatic carbocycles. The van der Waals surface area contributed by atoms with Crippen molar-refractivity contribution < 1.29 is 27.5 Å². The summed E-state index contributed by atoms with van der Waals surface area (Å²) in [6.07, 6.45) is -0.450. The van der Waals surface area contributed by atoms with Crippen LogP contribution in [0.2, 0.25) is 0 Å². The van der Waals surface area contributed by atoms with E-state index in [-0.39, 0.29) is 36.9 Å². The molecule has 3 heterocycles. The van der Waals surface area contributed by atoms with E-state index in [1.165, 1.54) is 29.2 Å². The highest BCUT2D eigenvalue weighted by atomic mass is 19.4. The summed E-state index contributed by atoms with van der Waals surface area (Å²) in [6, 6.07) is 10.8. The highest BCUT2D eigenvalue weighted by Crippen LogP contribution is 2.50. The van der Waals surface area contributed by atoms with Gasteiger partial charge in [-0.2, -0.15) is 13.2 Å². The highest BCUT2D eigenvalue weighted by Gasteiger charge is 2.64. The topological polar surface area (TPSA) is 71.5 Å². The SMILES string of the molecule is CO[C@@](C(=O)N1CCC2(CC1)CC(=O)NCC2c1ccncc1)(c1ccccc1)C(F)(F)F. The minimum atomic E-state index is -4.94. The Hall–Kier alpha value is -2.94. The van der Waals surface area contributed by atoms with Crippen LogP contribution in [0.5, 0.6) is 0 Å². The van der Waals surface area contributed by atoms with Gasteiger partial charge in [-0.25, -0.2) is 0 Å². The highest BCUT2D eigenvalue weighted by molar-refractivity contribution is 5.88. The number of alkyl halides is 3. The van der Waals surface area contributed by atoms with Gasteiger partial charge in [0, 0.05) is 57.0 Å². The van der Waals surface area contributed by atoms with Crippen molar-refractivity contribution in [3.63, 3.8) is 0 Å². The standard InChI is InChI=1S/C24H26F3N3O3/c1-33-23(24(25,26)27,18-5-3-2-4-6-18)21(32)30-13-9-22(10-14-30)15-20(31)29-16-19(22)17-7-11-28-12-8-17/h2-8,11-12,19H,9-10,13-16H2,1H3,(H,29,31)/t19?,23-/m1/s1. The first kappa shape index (κ1) is 23.2. The van der Waals surface area contributed by atoms with E-state index < -0.39 is 23.1 Å². The first-order valence-electron chi connectivity index (χ1n) is 10.9. The number of halogens is 3. The maximum absolute atomic E-state index is 14.3. The van der Waals surface area contributed by atoms with Gasteiger partial charge in [0.05, 0.1) is 0 Å². The molecule has 0 radical (unpaired) electrons. The minimum Gasteiger partial charge on any atom is -0.356 e. The third-order valence-electron chi connectivity index (χ3n) is 7.10. The lowest BCUT2D eigenvalue weighted by Crippen LogP contribution is -2.60. The van der Waals surface area contributed by atoms with Crippen LogP contribution in [-0.4, -0.2) is 54.6 Å². The molecule has 6 nitrogen and oxygen atoms in total. The smallest absolute Gasteiger partial charge is 0.356 e. The number of benzene rings is 1. The number of carbonyl (C=O) groups is 2. The number of nitrogens with one attached hydrogen (secondary N) is 1. The molecule has 2 fully saturated rings. The Labute approximate surface area is 190 Å². The van der Waals surface area contributed by atoms with Crippen molar-refractivity contribution in [3.05, 3.63) is 66.0 Å². The van der Waals surface area contributed by atoms with Crippen LogP contribution in [0.15, 0.2) is 54.9 Å². The number of carbonyl (C=O) groups excluding carboxylic acids is 2. The van der Waals surface area contributed by atoms with Gasteiger partial charge >= 0.3 is 6.18 Å². The Morgan fingerprint density at radius 3 is 2.33 bits per heavy atom. The second kappa shape index (κ2) is 8.78. The van der Waals surface area contributed by atoms with Crippen LogP contribution in [0.1, 0.15) is 36.3 Å². The van der Waals surface area contributed by atoms with Crippen molar-refractivity contribution >= 4 is 11.8 Å². The Kier molecular flexibility index (Phi) is 6.18. The molecule has 1 spiro atoms. The number of nitrogens with zero attached hydrogens (tertiary/aromatic N) is 2. The maximum Gasteiger partial charge on any atom is 0.430 e. The predicted molar refractivity (Wildman–Crippen MR) is 114 cm³/mol. The number of amides is 2. The zero-order chi connectivity index (χ0) is 23.7. The van der Waals surface area contributed by atoms with Crippen molar-refractivity contribution in [2.24, 2.45) is 5.41 Å². The van der Waals surface area contributed by atoms with Gasteiger partial charge in [-0.3, -0.25) is 14.6 Å². The molecular weight excluding hydrogens is 435 g/mol. The van der Waals surface area contributed by atoms with Gasteiger partial charge in [0.1, 0.15) is 0 Å². The van der Waals surface area contributed by atoms with E-state index in [1.54, 1.807) is 18.5 Å². The number of pyridine rings is 1. The zero-order valence-corrected chi connectivity index (χ0v) is 18.3. The molecule has 33 heavy (non-hydrogen) atoms. The molecule has 1 aromatic carbocycles. The van der Waals surface area contributed by atoms with E-state index in [4.69, 9.17) is 4.74 Å². The van der Waals surface area contributed by atoms with Crippen LogP contribution >= 0.6 is 0 Å². The third-order valence-corrected chi connectivity index (χ3v) is 7.10. The molecular formula is C24H26F3N3O3. The van der Waals surface area contributed by atoms with Crippen molar-refractivity contribution in [2.75, 3.05) is 26.7 Å². The number of hydrogen-bond acceptors (Lipinski definition) is 4. The quantitative estimate of drug-likeness (QED) is 0.758. The summed E-state index contributed by atoms with van der Waals surface area (Å²) in [5.74, 6) is -1.20. The van der Waals surface area contributed by atoms with E-state index in [9.17, 15) is 22.8 Å². The lowest BCUT2D eigenvalue weighted by atomic mass is 9.62. The van der Waals surface area contributed by atoms with Gasteiger partial charge in [0.25, 0.3) is 11.5 Å². The van der Waals surface area contributed by atoms with Gasteiger partial charge in [0.2, 0.25) is 5.91 Å². The molecule has 1 aromatic heterocycles. The monoisotopic (exact) mass is 461 g/mol. The van der Waals surface area contributed by atoms with Crippen LogP contribution in [0.4, 0.5) is 13.2 Å². The molecule has 2 amide bonds. The summed E-state index contributed by atoms with van der Waals surface area (Å²) in [5, 5.41) is 2.90. The summed E-state index contributed by atoms with van der Waals surface area (Å²) < 4.78 is 47.9. The van der Waals surface area contributed by atoms with E-state index in [1.807, 2.05) is 12.1 Å². The fourth-order valence-electron chi connectivity index (χ4n) is 5.31. The Balaban J connectivity index is 1.61. The molecule has 2 aromatic rings. The third kappa shape index (κ3) is 3.99. The molecule has 1 N–H and O–H groups in total. The lowest BCUT2D eigenvalue weighted by Gasteiger charge is -2.50. The van der Waals surface area contributed by atoms with Gasteiger partial charge in [-0.1, -0.05) is 30.3 Å².